The summed E-state index contributed by atoms with van der Waals surface area (Å²) in [4.78, 5) is 27.7. The van der Waals surface area contributed by atoms with Crippen molar-refractivity contribution >= 4 is 35.2 Å². The van der Waals surface area contributed by atoms with Crippen LogP contribution in [0.4, 0.5) is 0 Å². The molecule has 1 atom stereocenters. The van der Waals surface area contributed by atoms with Gasteiger partial charge >= 0.3 is 0 Å². The lowest BCUT2D eigenvalue weighted by Gasteiger charge is -2.31. The van der Waals surface area contributed by atoms with E-state index >= 15 is 0 Å². The predicted octanol–water partition coefficient (Wildman–Crippen LogP) is 5.15. The average Bonchev–Trinajstić information content (AvgIpc) is 2.74. The van der Waals surface area contributed by atoms with Crippen LogP contribution in [0.15, 0.2) is 54.6 Å². The number of carbonyl (C=O) groups excluding carboxylic acids is 2. The zero-order chi connectivity index (χ0) is 21.9. The van der Waals surface area contributed by atoms with Gasteiger partial charge in [-0.3, -0.25) is 9.59 Å². The second-order valence-electron chi connectivity index (χ2n) is 7.65. The van der Waals surface area contributed by atoms with Crippen LogP contribution in [-0.2, 0) is 21.9 Å². The molecule has 2 aromatic carbocycles. The fourth-order valence-corrected chi connectivity index (χ4v) is 4.13. The normalized spacial score (nSPS) is 11.9. The maximum atomic E-state index is 13.2. The summed E-state index contributed by atoms with van der Waals surface area (Å²) in [5.41, 5.74) is 2.02. The zero-order valence-corrected chi connectivity index (χ0v) is 19.5. The predicted molar refractivity (Wildman–Crippen MR) is 127 cm³/mol. The number of rotatable bonds is 11. The lowest BCUT2D eigenvalue weighted by molar-refractivity contribution is -0.139. The molecule has 0 fully saturated rings. The molecule has 2 rings (SSSR count). The first-order chi connectivity index (χ1) is 14.4. The van der Waals surface area contributed by atoms with Crippen LogP contribution in [-0.4, -0.2) is 35.1 Å². The monoisotopic (exact) mass is 446 g/mol. The smallest absolute Gasteiger partial charge is 0.242 e. The molecule has 30 heavy (non-hydrogen) atoms. The van der Waals surface area contributed by atoms with Crippen LogP contribution in [0, 0.1) is 5.92 Å². The molecular weight excluding hydrogens is 416 g/mol. The number of benzene rings is 2. The summed E-state index contributed by atoms with van der Waals surface area (Å²) in [6.45, 7) is 6.94. The first-order valence-corrected chi connectivity index (χ1v) is 11.9. The lowest BCUT2D eigenvalue weighted by atomic mass is 10.1. The second-order valence-corrected chi connectivity index (χ2v) is 9.05. The Kier molecular flexibility index (Phi) is 10.2. The maximum absolute atomic E-state index is 13.2. The van der Waals surface area contributed by atoms with E-state index in [1.165, 1.54) is 5.56 Å². The molecule has 2 amide bonds. The van der Waals surface area contributed by atoms with Gasteiger partial charge in [-0.05, 0) is 29.5 Å². The van der Waals surface area contributed by atoms with E-state index in [1.807, 2.05) is 75.4 Å². The highest BCUT2D eigenvalue weighted by Gasteiger charge is 2.28. The molecule has 0 heterocycles. The zero-order valence-electron chi connectivity index (χ0n) is 17.9. The van der Waals surface area contributed by atoms with E-state index in [2.05, 4.69) is 5.32 Å². The molecule has 2 aromatic rings. The van der Waals surface area contributed by atoms with Crippen molar-refractivity contribution < 1.29 is 9.59 Å². The van der Waals surface area contributed by atoms with Crippen LogP contribution < -0.4 is 5.32 Å². The Morgan fingerprint density at radius 1 is 1.07 bits per heavy atom. The Hall–Kier alpha value is -1.98. The van der Waals surface area contributed by atoms with E-state index < -0.39 is 6.04 Å². The molecular formula is C24H31ClN2O2S. The molecule has 162 valence electrons. The van der Waals surface area contributed by atoms with Gasteiger partial charge in [-0.1, -0.05) is 80.9 Å². The molecule has 0 aliphatic heterocycles. The van der Waals surface area contributed by atoms with Gasteiger partial charge in [0.15, 0.2) is 0 Å². The molecule has 0 spiro atoms. The molecule has 0 aromatic heterocycles. The van der Waals surface area contributed by atoms with Crippen molar-refractivity contribution in [2.45, 2.75) is 45.5 Å². The molecule has 6 heteroatoms. The van der Waals surface area contributed by atoms with E-state index in [0.29, 0.717) is 36.2 Å². The molecule has 0 aliphatic rings. The summed E-state index contributed by atoms with van der Waals surface area (Å²) < 4.78 is 0. The Balaban J connectivity index is 2.13. The first-order valence-electron chi connectivity index (χ1n) is 10.3. The van der Waals surface area contributed by atoms with Crippen LogP contribution in [0.25, 0.3) is 0 Å². The molecule has 0 saturated heterocycles. The number of carbonyl (C=O) groups is 2. The third-order valence-electron chi connectivity index (χ3n) is 4.71. The highest BCUT2D eigenvalue weighted by molar-refractivity contribution is 7.99. The van der Waals surface area contributed by atoms with Crippen LogP contribution >= 0.6 is 23.4 Å². The van der Waals surface area contributed by atoms with Gasteiger partial charge in [0.1, 0.15) is 6.04 Å². The standard InChI is InChI=1S/C24H31ClN2O2S/c1-4-22(24(29)26-14-18(2)3)27(15-20-12-8-9-13-21(20)25)23(28)17-30-16-19-10-6-5-7-11-19/h5-13,18,22H,4,14-17H2,1-3H3,(H,26,29)/t22-/m1/s1. The molecule has 0 aliphatic carbocycles. The van der Waals surface area contributed by atoms with Gasteiger partial charge in [0.05, 0.1) is 5.75 Å². The summed E-state index contributed by atoms with van der Waals surface area (Å²) in [6, 6.07) is 17.0. The summed E-state index contributed by atoms with van der Waals surface area (Å²) >= 11 is 7.90. The maximum Gasteiger partial charge on any atom is 0.242 e. The van der Waals surface area contributed by atoms with E-state index in [1.54, 1.807) is 16.7 Å². The summed E-state index contributed by atoms with van der Waals surface area (Å²) in [5, 5.41) is 3.58. The SMILES string of the molecule is CC[C@H](C(=O)NCC(C)C)N(Cc1ccccc1Cl)C(=O)CSCc1ccccc1. The van der Waals surface area contributed by atoms with Crippen LogP contribution in [0.5, 0.6) is 0 Å². The fraction of sp³-hybridized carbons (Fsp3) is 0.417. The largest absolute Gasteiger partial charge is 0.354 e. The van der Waals surface area contributed by atoms with Gasteiger partial charge in [0, 0.05) is 23.9 Å². The molecule has 0 bridgehead atoms. The average molecular weight is 447 g/mol. The summed E-state index contributed by atoms with van der Waals surface area (Å²) in [7, 11) is 0. The van der Waals surface area contributed by atoms with Crippen molar-refractivity contribution in [3.63, 3.8) is 0 Å². The molecule has 0 unspecified atom stereocenters. The minimum absolute atomic E-state index is 0.0533. The van der Waals surface area contributed by atoms with Gasteiger partial charge in [0.25, 0.3) is 0 Å². The van der Waals surface area contributed by atoms with Gasteiger partial charge in [-0.25, -0.2) is 0 Å². The Morgan fingerprint density at radius 2 is 1.73 bits per heavy atom. The fourth-order valence-electron chi connectivity index (χ4n) is 3.07. The minimum atomic E-state index is -0.523. The topological polar surface area (TPSA) is 49.4 Å². The number of nitrogens with one attached hydrogen (secondary N) is 1. The van der Waals surface area contributed by atoms with Crippen LogP contribution in [0.1, 0.15) is 38.3 Å². The minimum Gasteiger partial charge on any atom is -0.354 e. The van der Waals surface area contributed by atoms with Crippen molar-refractivity contribution in [1.29, 1.82) is 0 Å². The molecule has 1 N–H and O–H groups in total. The number of hydrogen-bond donors (Lipinski definition) is 1. The van der Waals surface area contributed by atoms with Crippen molar-refractivity contribution in [1.82, 2.24) is 10.2 Å². The van der Waals surface area contributed by atoms with Crippen molar-refractivity contribution in [3.05, 3.63) is 70.7 Å². The number of hydrogen-bond acceptors (Lipinski definition) is 3. The van der Waals surface area contributed by atoms with Gasteiger partial charge in [0.2, 0.25) is 11.8 Å². The third-order valence-corrected chi connectivity index (χ3v) is 6.06. The number of halogens is 1. The Morgan fingerprint density at radius 3 is 2.37 bits per heavy atom. The second kappa shape index (κ2) is 12.7. The van der Waals surface area contributed by atoms with Gasteiger partial charge in [-0.15, -0.1) is 11.8 Å². The van der Waals surface area contributed by atoms with E-state index in [-0.39, 0.29) is 11.8 Å². The van der Waals surface area contributed by atoms with Crippen molar-refractivity contribution in [3.8, 4) is 0 Å². The molecule has 4 nitrogen and oxygen atoms in total. The van der Waals surface area contributed by atoms with Gasteiger partial charge in [-0.2, -0.15) is 0 Å². The van der Waals surface area contributed by atoms with E-state index in [4.69, 9.17) is 11.6 Å². The van der Waals surface area contributed by atoms with Crippen LogP contribution in [0.2, 0.25) is 5.02 Å². The quantitative estimate of drug-likeness (QED) is 0.519. The lowest BCUT2D eigenvalue weighted by Crippen LogP contribution is -2.50. The van der Waals surface area contributed by atoms with Gasteiger partial charge < -0.3 is 10.2 Å². The third kappa shape index (κ3) is 7.69. The number of nitrogens with zero attached hydrogens (tertiary/aromatic N) is 1. The first kappa shape index (κ1) is 24.3. The molecule has 0 saturated carbocycles. The highest BCUT2D eigenvalue weighted by Crippen LogP contribution is 2.21. The van der Waals surface area contributed by atoms with E-state index in [9.17, 15) is 9.59 Å². The van der Waals surface area contributed by atoms with E-state index in [0.717, 1.165) is 11.3 Å². The molecule has 0 radical (unpaired) electrons. The Labute approximate surface area is 189 Å². The summed E-state index contributed by atoms with van der Waals surface area (Å²) in [5.74, 6) is 1.25. The number of amides is 2. The Bertz CT molecular complexity index is 814. The van der Waals surface area contributed by atoms with Crippen molar-refractivity contribution in [2.75, 3.05) is 12.3 Å². The van der Waals surface area contributed by atoms with Crippen molar-refractivity contribution in [2.24, 2.45) is 5.92 Å². The number of thioether (sulfide) groups is 1. The highest BCUT2D eigenvalue weighted by atomic mass is 35.5. The summed E-state index contributed by atoms with van der Waals surface area (Å²) in [6.07, 6.45) is 0.545. The van der Waals surface area contributed by atoms with Crippen LogP contribution in [0.3, 0.4) is 0 Å².